The molecule has 0 radical (unpaired) electrons. The second kappa shape index (κ2) is 13.5. The van der Waals surface area contributed by atoms with Gasteiger partial charge in [-0.15, -0.1) is 0 Å². The molecule has 0 unspecified atom stereocenters. The maximum atomic E-state index is 6.48. The summed E-state index contributed by atoms with van der Waals surface area (Å²) in [4.78, 5) is 15.0. The summed E-state index contributed by atoms with van der Waals surface area (Å²) in [6.45, 7) is 10.7. The number of hydrogen-bond acceptors (Lipinski definition) is 4. The molecule has 0 N–H and O–H groups in total. The fraction of sp³-hybridized carbons (Fsp3) is 0.0755. The number of rotatable bonds is 7. The molecule has 0 atom stereocenters. The van der Waals surface area contributed by atoms with E-state index in [9.17, 15) is 0 Å². The van der Waals surface area contributed by atoms with Crippen molar-refractivity contribution in [2.75, 3.05) is 0 Å². The number of allylic oxidation sites excluding steroid dienone is 5. The molecule has 7 aromatic carbocycles. The molecule has 0 saturated heterocycles. The van der Waals surface area contributed by atoms with E-state index < -0.39 is 0 Å². The molecule has 0 bridgehead atoms. The maximum Gasteiger partial charge on any atom is 0.164 e. The van der Waals surface area contributed by atoms with Gasteiger partial charge in [-0.05, 0) is 92.5 Å². The summed E-state index contributed by atoms with van der Waals surface area (Å²) >= 11 is 0. The van der Waals surface area contributed by atoms with E-state index in [2.05, 4.69) is 124 Å². The molecule has 2 aromatic heterocycles. The minimum absolute atomic E-state index is 0.0461. The second-order valence-electron chi connectivity index (χ2n) is 15.2. The minimum atomic E-state index is -0.0461. The van der Waals surface area contributed by atoms with Gasteiger partial charge in [0, 0.05) is 32.9 Å². The Hall–Kier alpha value is -7.17. The number of nitrogens with zero attached hydrogens (tertiary/aromatic N) is 3. The maximum absolute atomic E-state index is 6.48. The van der Waals surface area contributed by atoms with Gasteiger partial charge in [0.2, 0.25) is 0 Å². The smallest absolute Gasteiger partial charge is 0.164 e. The van der Waals surface area contributed by atoms with Crippen LogP contribution in [0.5, 0.6) is 0 Å². The Balaban J connectivity index is 1.10. The lowest BCUT2D eigenvalue weighted by Crippen LogP contribution is -2.14. The van der Waals surface area contributed by atoms with Gasteiger partial charge in [0.1, 0.15) is 11.2 Å². The standard InChI is InChI=1S/C53H39N3O/c1-5-7-15-33(6-2)50-54-51(35-16-9-8-10-17-35)56-52(55-50)42-20-14-23-47-49(42)43-32-37(28-29-46(43)57-47)36-26-24-34-25-27-38(31-39(34)30-36)40-19-13-22-45-48(40)41-18-11-12-21-44(41)53(45,3)4/h5-32H,2H2,1,3-4H3/b7-5-,33-15+. The van der Waals surface area contributed by atoms with Crippen LogP contribution in [0.1, 0.15) is 37.7 Å². The van der Waals surface area contributed by atoms with Crippen LogP contribution in [0.4, 0.5) is 0 Å². The first-order valence-electron chi connectivity index (χ1n) is 19.4. The molecular weight excluding hydrogens is 695 g/mol. The molecule has 272 valence electrons. The first kappa shape index (κ1) is 34.3. The highest BCUT2D eigenvalue weighted by molar-refractivity contribution is 6.13. The average Bonchev–Trinajstić information content (AvgIpc) is 3.75. The zero-order valence-corrected chi connectivity index (χ0v) is 32.1. The van der Waals surface area contributed by atoms with E-state index in [0.29, 0.717) is 17.5 Å². The Morgan fingerprint density at radius 3 is 2.11 bits per heavy atom. The zero-order chi connectivity index (χ0) is 38.7. The van der Waals surface area contributed by atoms with Gasteiger partial charge < -0.3 is 4.42 Å². The van der Waals surface area contributed by atoms with Crippen LogP contribution in [-0.2, 0) is 5.41 Å². The van der Waals surface area contributed by atoms with Crippen molar-refractivity contribution in [1.29, 1.82) is 0 Å². The van der Waals surface area contributed by atoms with E-state index in [1.165, 1.54) is 44.2 Å². The number of furan rings is 1. The summed E-state index contributed by atoms with van der Waals surface area (Å²) in [5.74, 6) is 1.72. The summed E-state index contributed by atoms with van der Waals surface area (Å²) in [7, 11) is 0. The molecule has 1 aliphatic rings. The van der Waals surface area contributed by atoms with Gasteiger partial charge in [-0.1, -0.05) is 160 Å². The lowest BCUT2D eigenvalue weighted by Gasteiger charge is -2.21. The van der Waals surface area contributed by atoms with Crippen molar-refractivity contribution in [3.05, 3.63) is 193 Å². The molecule has 9 aromatic rings. The minimum Gasteiger partial charge on any atom is -0.456 e. The number of benzene rings is 7. The third-order valence-electron chi connectivity index (χ3n) is 11.4. The van der Waals surface area contributed by atoms with E-state index in [1.54, 1.807) is 6.08 Å². The molecule has 10 rings (SSSR count). The number of hydrogen-bond donors (Lipinski definition) is 0. The average molecular weight is 734 g/mol. The highest BCUT2D eigenvalue weighted by Gasteiger charge is 2.36. The fourth-order valence-corrected chi connectivity index (χ4v) is 8.56. The van der Waals surface area contributed by atoms with Crippen LogP contribution in [0, 0.1) is 0 Å². The van der Waals surface area contributed by atoms with Crippen molar-refractivity contribution in [1.82, 2.24) is 15.0 Å². The van der Waals surface area contributed by atoms with Crippen molar-refractivity contribution in [3.8, 4) is 56.2 Å². The Bertz CT molecular complexity index is 3130. The van der Waals surface area contributed by atoms with Gasteiger partial charge >= 0.3 is 0 Å². The van der Waals surface area contributed by atoms with Crippen molar-refractivity contribution < 1.29 is 4.42 Å². The van der Waals surface area contributed by atoms with E-state index in [0.717, 1.165) is 49.8 Å². The zero-order valence-electron chi connectivity index (χ0n) is 32.1. The summed E-state index contributed by atoms with van der Waals surface area (Å²) in [6, 6.07) is 51.8. The van der Waals surface area contributed by atoms with E-state index >= 15 is 0 Å². The molecule has 0 fully saturated rings. The van der Waals surface area contributed by atoms with Crippen LogP contribution in [0.3, 0.4) is 0 Å². The van der Waals surface area contributed by atoms with Gasteiger partial charge in [-0.2, -0.15) is 0 Å². The molecule has 2 heterocycles. The molecule has 4 nitrogen and oxygen atoms in total. The van der Waals surface area contributed by atoms with Crippen LogP contribution < -0.4 is 0 Å². The SMILES string of the molecule is C=C/C(=C\C=C/C)c1nc(-c2ccccc2)nc(-c2cccc3oc4ccc(-c5ccc6ccc(-c7cccc8c7-c7ccccc7C8(C)C)cc6c5)cc4c23)n1. The lowest BCUT2D eigenvalue weighted by molar-refractivity contribution is 0.660. The first-order valence-corrected chi connectivity index (χ1v) is 19.4. The fourth-order valence-electron chi connectivity index (χ4n) is 8.56. The highest BCUT2D eigenvalue weighted by atomic mass is 16.3. The molecule has 4 heteroatoms. The molecule has 1 aliphatic carbocycles. The monoisotopic (exact) mass is 733 g/mol. The van der Waals surface area contributed by atoms with E-state index in [1.807, 2.05) is 67.6 Å². The van der Waals surface area contributed by atoms with E-state index in [4.69, 9.17) is 19.4 Å². The van der Waals surface area contributed by atoms with Crippen molar-refractivity contribution >= 4 is 38.3 Å². The Kier molecular flexibility index (Phi) is 8.15. The van der Waals surface area contributed by atoms with Crippen molar-refractivity contribution in [2.24, 2.45) is 0 Å². The lowest BCUT2D eigenvalue weighted by atomic mass is 9.82. The predicted octanol–water partition coefficient (Wildman–Crippen LogP) is 14.0. The van der Waals surface area contributed by atoms with Crippen LogP contribution in [-0.4, -0.2) is 15.0 Å². The van der Waals surface area contributed by atoms with Gasteiger partial charge in [0.15, 0.2) is 17.5 Å². The second-order valence-corrected chi connectivity index (χ2v) is 15.2. The Morgan fingerprint density at radius 1 is 0.579 bits per heavy atom. The van der Waals surface area contributed by atoms with Crippen LogP contribution in [0.25, 0.3) is 94.4 Å². The normalized spacial score (nSPS) is 13.4. The summed E-state index contributed by atoms with van der Waals surface area (Å²) in [5.41, 5.74) is 14.3. The number of fused-ring (bicyclic) bond motifs is 7. The summed E-state index contributed by atoms with van der Waals surface area (Å²) in [5, 5.41) is 4.37. The predicted molar refractivity (Wildman–Crippen MR) is 237 cm³/mol. The quantitative estimate of drug-likeness (QED) is 0.153. The molecule has 0 spiro atoms. The Morgan fingerprint density at radius 2 is 1.26 bits per heavy atom. The van der Waals surface area contributed by atoms with E-state index in [-0.39, 0.29) is 5.41 Å². The molecule has 0 aliphatic heterocycles. The third-order valence-corrected chi connectivity index (χ3v) is 11.4. The highest BCUT2D eigenvalue weighted by Crippen LogP contribution is 2.52. The molecule has 0 saturated carbocycles. The Labute approximate surface area is 332 Å². The summed E-state index contributed by atoms with van der Waals surface area (Å²) < 4.78 is 6.48. The van der Waals surface area contributed by atoms with Crippen molar-refractivity contribution in [3.63, 3.8) is 0 Å². The first-order chi connectivity index (χ1) is 27.9. The largest absolute Gasteiger partial charge is 0.456 e. The number of aromatic nitrogens is 3. The van der Waals surface area contributed by atoms with Crippen LogP contribution >= 0.6 is 0 Å². The van der Waals surface area contributed by atoms with Crippen molar-refractivity contribution in [2.45, 2.75) is 26.2 Å². The van der Waals surface area contributed by atoms with Crippen LogP contribution in [0.15, 0.2) is 181 Å². The van der Waals surface area contributed by atoms with Crippen LogP contribution in [0.2, 0.25) is 0 Å². The third kappa shape index (κ3) is 5.72. The van der Waals surface area contributed by atoms with Gasteiger partial charge in [-0.25, -0.2) is 15.0 Å². The molecule has 57 heavy (non-hydrogen) atoms. The molecular formula is C53H39N3O. The topological polar surface area (TPSA) is 51.8 Å². The van der Waals surface area contributed by atoms with Gasteiger partial charge in [-0.3, -0.25) is 0 Å². The van der Waals surface area contributed by atoms with Gasteiger partial charge in [0.05, 0.1) is 0 Å². The van der Waals surface area contributed by atoms with Gasteiger partial charge in [0.25, 0.3) is 0 Å². The molecule has 0 amide bonds. The summed E-state index contributed by atoms with van der Waals surface area (Å²) in [6.07, 6.45) is 7.70.